The summed E-state index contributed by atoms with van der Waals surface area (Å²) in [5, 5.41) is 0. The molecule has 0 heterocycles. The fourth-order valence-corrected chi connectivity index (χ4v) is 9.21. The molecule has 0 rings (SSSR count). The number of phosphoric acid groups is 1. The Morgan fingerprint density at radius 3 is 1.03 bits per heavy atom. The van der Waals surface area contributed by atoms with E-state index in [0.717, 1.165) is 38.5 Å². The van der Waals surface area contributed by atoms with Gasteiger partial charge in [-0.05, 0) is 45.4 Å². The van der Waals surface area contributed by atoms with Crippen molar-refractivity contribution in [3.05, 3.63) is 12.2 Å². The number of hydrogen-bond donors (Lipinski definition) is 1. The number of ether oxygens (including phenoxy) is 2. The summed E-state index contributed by atoms with van der Waals surface area (Å²) < 4.78 is 32.9. The number of esters is 2. The molecule has 0 bridgehead atoms. The summed E-state index contributed by atoms with van der Waals surface area (Å²) >= 11 is 0. The van der Waals surface area contributed by atoms with Gasteiger partial charge in [0.25, 0.3) is 0 Å². The fraction of sp³-hybridized carbons (Fsp3) is 0.927. The molecule has 0 saturated carbocycles. The minimum absolute atomic E-state index is 0.00424. The van der Waals surface area contributed by atoms with Crippen LogP contribution in [0.15, 0.2) is 12.2 Å². The zero-order valence-electron chi connectivity index (χ0n) is 42.7. The molecule has 2 unspecified atom stereocenters. The monoisotopic (exact) mass is 927 g/mol. The van der Waals surface area contributed by atoms with Gasteiger partial charge in [-0.1, -0.05) is 257 Å². The Morgan fingerprint density at radius 1 is 0.406 bits per heavy atom. The van der Waals surface area contributed by atoms with Crippen LogP contribution in [0, 0.1) is 0 Å². The smallest absolute Gasteiger partial charge is 0.462 e. The van der Waals surface area contributed by atoms with Crippen LogP contribution in [-0.4, -0.2) is 42.8 Å². The van der Waals surface area contributed by atoms with E-state index < -0.39 is 19.9 Å². The Kier molecular flexibility index (Phi) is 50.2. The molecule has 0 aromatic rings. The van der Waals surface area contributed by atoms with Gasteiger partial charge in [0, 0.05) is 12.8 Å². The lowest BCUT2D eigenvalue weighted by Crippen LogP contribution is -2.29. The van der Waals surface area contributed by atoms with Gasteiger partial charge in [-0.3, -0.25) is 18.6 Å². The van der Waals surface area contributed by atoms with Crippen LogP contribution in [0.3, 0.4) is 0 Å². The summed E-state index contributed by atoms with van der Waals surface area (Å²) in [6.45, 7) is 5.55. The second kappa shape index (κ2) is 51.2. The molecule has 0 radical (unpaired) electrons. The summed E-state index contributed by atoms with van der Waals surface area (Å²) in [5.74, 6) is -0.778. The van der Waals surface area contributed by atoms with Crippen LogP contribution in [-0.2, 0) is 32.7 Å². The van der Waals surface area contributed by atoms with E-state index in [0.29, 0.717) is 6.42 Å². The van der Waals surface area contributed by atoms with Crippen molar-refractivity contribution in [2.75, 3.05) is 19.8 Å². The van der Waals surface area contributed by atoms with E-state index in [1.807, 2.05) is 0 Å². The van der Waals surface area contributed by atoms with Crippen LogP contribution in [0.5, 0.6) is 0 Å². The van der Waals surface area contributed by atoms with Crippen molar-refractivity contribution in [3.63, 3.8) is 0 Å². The Labute approximate surface area is 397 Å². The van der Waals surface area contributed by atoms with Gasteiger partial charge in [-0.25, -0.2) is 4.57 Å². The highest BCUT2D eigenvalue weighted by atomic mass is 31.2. The van der Waals surface area contributed by atoms with Gasteiger partial charge in [0.15, 0.2) is 6.10 Å². The van der Waals surface area contributed by atoms with Gasteiger partial charge in [-0.2, -0.15) is 0 Å². The largest absolute Gasteiger partial charge is 0.472 e. The number of carbonyl (C=O) groups excluding carboxylic acids is 2. The minimum Gasteiger partial charge on any atom is -0.462 e. The second-order valence-electron chi connectivity index (χ2n) is 19.0. The lowest BCUT2D eigenvalue weighted by Gasteiger charge is -2.19. The fourth-order valence-electron chi connectivity index (χ4n) is 8.45. The third-order valence-corrected chi connectivity index (χ3v) is 13.6. The summed E-state index contributed by atoms with van der Waals surface area (Å²) in [6, 6.07) is 0. The maximum Gasteiger partial charge on any atom is 0.472 e. The summed E-state index contributed by atoms with van der Waals surface area (Å²) in [4.78, 5) is 35.0. The van der Waals surface area contributed by atoms with Gasteiger partial charge >= 0.3 is 19.8 Å². The topological polar surface area (TPSA) is 108 Å². The number of carbonyl (C=O) groups is 2. The molecule has 0 aromatic heterocycles. The summed E-state index contributed by atoms with van der Waals surface area (Å²) in [5.41, 5.74) is 0. The number of rotatable bonds is 53. The molecule has 2 atom stereocenters. The van der Waals surface area contributed by atoms with Crippen LogP contribution in [0.25, 0.3) is 0 Å². The first-order valence-corrected chi connectivity index (χ1v) is 29.5. The number of unbranched alkanes of at least 4 members (excludes halogenated alkanes) is 39. The molecule has 9 heteroatoms. The van der Waals surface area contributed by atoms with Crippen molar-refractivity contribution < 1.29 is 37.6 Å². The average molecular weight is 927 g/mol. The van der Waals surface area contributed by atoms with Gasteiger partial charge in [0.1, 0.15) is 6.61 Å². The highest BCUT2D eigenvalue weighted by Crippen LogP contribution is 2.43. The standard InChI is InChI=1S/C55H107O8P/c1-4-7-9-11-13-15-17-19-21-23-25-27-28-30-32-34-36-38-40-42-44-46-48-50-55(57)63-53(52-62-64(58,59)61-6-3)51-60-54(56)49-47-45-43-41-39-37-35-33-31-29-26-24-22-20-18-16-14-12-10-8-5-2/h23,25,53H,4-22,24,26-52H2,1-3H3,(H,58,59)/b25-23-. The van der Waals surface area contributed by atoms with E-state index in [2.05, 4.69) is 26.0 Å². The number of phosphoric ester groups is 1. The van der Waals surface area contributed by atoms with Crippen LogP contribution in [0.4, 0.5) is 0 Å². The molecule has 0 aliphatic heterocycles. The number of hydrogen-bond acceptors (Lipinski definition) is 7. The normalized spacial score (nSPS) is 13.1. The maximum absolute atomic E-state index is 12.7. The molecule has 0 aliphatic carbocycles. The molecule has 1 N–H and O–H groups in total. The molecule has 0 aromatic carbocycles. The van der Waals surface area contributed by atoms with E-state index in [1.165, 1.54) is 231 Å². The van der Waals surface area contributed by atoms with Gasteiger partial charge < -0.3 is 14.4 Å². The van der Waals surface area contributed by atoms with Crippen molar-refractivity contribution in [3.8, 4) is 0 Å². The molecule has 0 fully saturated rings. The van der Waals surface area contributed by atoms with Crippen molar-refractivity contribution in [1.29, 1.82) is 0 Å². The molecule has 380 valence electrons. The van der Waals surface area contributed by atoms with Gasteiger partial charge in [0.05, 0.1) is 13.2 Å². The average Bonchev–Trinajstić information content (AvgIpc) is 3.28. The molecule has 64 heavy (non-hydrogen) atoms. The predicted octanol–water partition coefficient (Wildman–Crippen LogP) is 18.4. The molecule has 0 spiro atoms. The Morgan fingerprint density at radius 2 is 0.703 bits per heavy atom. The van der Waals surface area contributed by atoms with Crippen molar-refractivity contribution in [2.45, 2.75) is 309 Å². The lowest BCUT2D eigenvalue weighted by atomic mass is 10.0. The Hall–Kier alpha value is -1.21. The second-order valence-corrected chi connectivity index (χ2v) is 20.4. The van der Waals surface area contributed by atoms with Crippen LogP contribution in [0.2, 0.25) is 0 Å². The van der Waals surface area contributed by atoms with Gasteiger partial charge in [-0.15, -0.1) is 0 Å². The molecule has 8 nitrogen and oxygen atoms in total. The van der Waals surface area contributed by atoms with E-state index in [9.17, 15) is 19.0 Å². The van der Waals surface area contributed by atoms with E-state index in [1.54, 1.807) is 6.92 Å². The van der Waals surface area contributed by atoms with Crippen LogP contribution in [0.1, 0.15) is 303 Å². The van der Waals surface area contributed by atoms with E-state index >= 15 is 0 Å². The van der Waals surface area contributed by atoms with Gasteiger partial charge in [0.2, 0.25) is 0 Å². The van der Waals surface area contributed by atoms with E-state index in [-0.39, 0.29) is 32.2 Å². The molecular formula is C55H107O8P. The van der Waals surface area contributed by atoms with Crippen molar-refractivity contribution in [1.82, 2.24) is 0 Å². The highest BCUT2D eigenvalue weighted by Gasteiger charge is 2.25. The number of allylic oxidation sites excluding steroid dienone is 2. The first-order valence-electron chi connectivity index (χ1n) is 28.0. The zero-order chi connectivity index (χ0) is 46.7. The Bertz CT molecular complexity index is 1050. The van der Waals surface area contributed by atoms with E-state index in [4.69, 9.17) is 18.5 Å². The zero-order valence-corrected chi connectivity index (χ0v) is 43.6. The molecule has 0 aliphatic rings. The minimum atomic E-state index is -4.28. The quantitative estimate of drug-likeness (QED) is 0.0278. The third kappa shape index (κ3) is 50.2. The molecule has 0 saturated heterocycles. The summed E-state index contributed by atoms with van der Waals surface area (Å²) in [6.07, 6.45) is 58.6. The maximum atomic E-state index is 12.7. The summed E-state index contributed by atoms with van der Waals surface area (Å²) in [7, 11) is -4.28. The molecular weight excluding hydrogens is 820 g/mol. The SMILES string of the molecule is CCCCCCCCCC/C=C\CCCCCCCCCCCCCC(=O)OC(COC(=O)CCCCCCCCCCCCCCCCCCCCCCC)COP(=O)(O)OCC. The predicted molar refractivity (Wildman–Crippen MR) is 272 cm³/mol. The van der Waals surface area contributed by atoms with Crippen molar-refractivity contribution in [2.24, 2.45) is 0 Å². The van der Waals surface area contributed by atoms with Crippen LogP contribution < -0.4 is 0 Å². The molecule has 0 amide bonds. The van der Waals surface area contributed by atoms with Crippen molar-refractivity contribution >= 4 is 19.8 Å². The first-order chi connectivity index (χ1) is 31.3. The van der Waals surface area contributed by atoms with Crippen LogP contribution >= 0.6 is 7.82 Å². The third-order valence-electron chi connectivity index (χ3n) is 12.6. The first kappa shape index (κ1) is 62.8. The lowest BCUT2D eigenvalue weighted by molar-refractivity contribution is -0.161. The Balaban J connectivity index is 3.89. The highest BCUT2D eigenvalue weighted by molar-refractivity contribution is 7.47.